The number of ether oxygens (including phenoxy) is 1. The van der Waals surface area contributed by atoms with Gasteiger partial charge in [0.25, 0.3) is 5.91 Å². The number of nitrogens with one attached hydrogen (secondary N) is 1. The van der Waals surface area contributed by atoms with Crippen molar-refractivity contribution in [2.75, 3.05) is 5.32 Å². The Balaban J connectivity index is 1.49. The van der Waals surface area contributed by atoms with E-state index >= 15 is 0 Å². The Morgan fingerprint density at radius 1 is 1.04 bits per heavy atom. The molecule has 0 saturated carbocycles. The van der Waals surface area contributed by atoms with Gasteiger partial charge in [-0.05, 0) is 42.5 Å². The molecule has 0 aliphatic heterocycles. The van der Waals surface area contributed by atoms with E-state index in [1.807, 2.05) is 18.2 Å². The molecule has 0 atom stereocenters. The van der Waals surface area contributed by atoms with E-state index < -0.39 is 0 Å². The van der Waals surface area contributed by atoms with Crippen LogP contribution >= 0.6 is 11.6 Å². The molecule has 2 aromatic carbocycles. The maximum Gasteiger partial charge on any atom is 0.259 e. The topological polar surface area (TPSA) is 77.5 Å². The number of hydrogen-bond acceptors (Lipinski definition) is 5. The van der Waals surface area contributed by atoms with Crippen LogP contribution in [-0.4, -0.2) is 11.1 Å². The molecule has 140 valence electrons. The molecule has 0 bridgehead atoms. The van der Waals surface area contributed by atoms with Gasteiger partial charge in [-0.25, -0.2) is 0 Å². The van der Waals surface area contributed by atoms with Crippen LogP contribution in [0, 0.1) is 0 Å². The van der Waals surface area contributed by atoms with Crippen LogP contribution in [-0.2, 0) is 6.61 Å². The highest BCUT2D eigenvalue weighted by Gasteiger charge is 2.15. The molecule has 4 aromatic rings. The third-order valence-corrected chi connectivity index (χ3v) is 4.15. The van der Waals surface area contributed by atoms with Gasteiger partial charge in [-0.2, -0.15) is 0 Å². The molecule has 0 spiro atoms. The van der Waals surface area contributed by atoms with Gasteiger partial charge in [0, 0.05) is 16.8 Å². The number of carbonyl (C=O) groups excluding carboxylic acids is 1. The molecule has 0 aliphatic carbocycles. The summed E-state index contributed by atoms with van der Waals surface area (Å²) in [7, 11) is 0. The van der Waals surface area contributed by atoms with E-state index in [0.717, 1.165) is 0 Å². The van der Waals surface area contributed by atoms with Gasteiger partial charge in [0.05, 0.1) is 11.8 Å². The predicted molar refractivity (Wildman–Crippen MR) is 104 cm³/mol. The second-order valence-electron chi connectivity index (χ2n) is 5.91. The molecule has 4 rings (SSSR count). The van der Waals surface area contributed by atoms with Crippen molar-refractivity contribution in [2.45, 2.75) is 6.61 Å². The van der Waals surface area contributed by atoms with Crippen LogP contribution < -0.4 is 10.1 Å². The zero-order valence-corrected chi connectivity index (χ0v) is 15.3. The molecule has 7 heteroatoms. The van der Waals surface area contributed by atoms with Crippen molar-refractivity contribution in [2.24, 2.45) is 0 Å². The Morgan fingerprint density at radius 3 is 2.68 bits per heavy atom. The largest absolute Gasteiger partial charge is 0.486 e. The lowest BCUT2D eigenvalue weighted by Gasteiger charge is -2.11. The first-order chi connectivity index (χ1) is 13.7. The van der Waals surface area contributed by atoms with Gasteiger partial charge in [-0.3, -0.25) is 4.79 Å². The molecule has 1 amide bonds. The second-order valence-corrected chi connectivity index (χ2v) is 6.35. The number of para-hydroxylation sites is 1. The van der Waals surface area contributed by atoms with E-state index in [-0.39, 0.29) is 12.5 Å². The average molecular weight is 395 g/mol. The Morgan fingerprint density at radius 2 is 1.89 bits per heavy atom. The number of amides is 1. The van der Waals surface area contributed by atoms with Crippen molar-refractivity contribution in [3.63, 3.8) is 0 Å². The SMILES string of the molecule is O=C(Nc1ccccc1)c1cc(Cl)ccc1OCc1cc(-c2ccco2)on1. The van der Waals surface area contributed by atoms with Gasteiger partial charge in [0.15, 0.2) is 5.76 Å². The van der Waals surface area contributed by atoms with E-state index in [1.165, 1.54) is 0 Å². The molecular weight excluding hydrogens is 380 g/mol. The molecule has 0 saturated heterocycles. The monoisotopic (exact) mass is 394 g/mol. The minimum atomic E-state index is -0.319. The number of hydrogen-bond donors (Lipinski definition) is 1. The number of benzene rings is 2. The van der Waals surface area contributed by atoms with Gasteiger partial charge in [-0.15, -0.1) is 0 Å². The number of furan rings is 1. The standard InChI is InChI=1S/C21H15ClN2O4/c22-14-8-9-18(17(11-14)21(25)23-15-5-2-1-3-6-15)27-13-16-12-20(28-24-16)19-7-4-10-26-19/h1-12H,13H2,(H,23,25). The first kappa shape index (κ1) is 17.9. The zero-order valence-electron chi connectivity index (χ0n) is 14.6. The van der Waals surface area contributed by atoms with Crippen LogP contribution in [0.2, 0.25) is 5.02 Å². The van der Waals surface area contributed by atoms with E-state index in [9.17, 15) is 4.79 Å². The molecule has 6 nitrogen and oxygen atoms in total. The van der Waals surface area contributed by atoms with Crippen molar-refractivity contribution in [1.82, 2.24) is 5.16 Å². The highest BCUT2D eigenvalue weighted by atomic mass is 35.5. The fourth-order valence-electron chi connectivity index (χ4n) is 2.59. The van der Waals surface area contributed by atoms with E-state index in [0.29, 0.717) is 39.2 Å². The lowest BCUT2D eigenvalue weighted by Crippen LogP contribution is -2.13. The fraction of sp³-hybridized carbons (Fsp3) is 0.0476. The maximum absolute atomic E-state index is 12.7. The first-order valence-corrected chi connectivity index (χ1v) is 8.85. The highest BCUT2D eigenvalue weighted by molar-refractivity contribution is 6.31. The number of aromatic nitrogens is 1. The molecule has 0 fully saturated rings. The number of rotatable bonds is 6. The smallest absolute Gasteiger partial charge is 0.259 e. The molecule has 0 unspecified atom stereocenters. The van der Waals surface area contributed by atoms with Crippen LogP contribution in [0.25, 0.3) is 11.5 Å². The van der Waals surface area contributed by atoms with Gasteiger partial charge in [-0.1, -0.05) is 35.0 Å². The van der Waals surface area contributed by atoms with E-state index in [1.54, 1.807) is 54.8 Å². The van der Waals surface area contributed by atoms with Crippen LogP contribution in [0.3, 0.4) is 0 Å². The lowest BCUT2D eigenvalue weighted by atomic mass is 10.1. The molecule has 28 heavy (non-hydrogen) atoms. The Labute approximate surface area is 165 Å². The Bertz CT molecular complexity index is 1080. The number of anilines is 1. The summed E-state index contributed by atoms with van der Waals surface area (Å²) in [6.07, 6.45) is 1.55. The summed E-state index contributed by atoms with van der Waals surface area (Å²) in [5.41, 5.74) is 1.57. The van der Waals surface area contributed by atoms with Gasteiger partial charge < -0.3 is 19.0 Å². The Hall–Kier alpha value is -3.51. The minimum absolute atomic E-state index is 0.122. The van der Waals surface area contributed by atoms with Crippen LogP contribution in [0.5, 0.6) is 5.75 Å². The van der Waals surface area contributed by atoms with Crippen molar-refractivity contribution in [3.8, 4) is 17.3 Å². The number of nitrogens with zero attached hydrogens (tertiary/aromatic N) is 1. The maximum atomic E-state index is 12.7. The van der Waals surface area contributed by atoms with Gasteiger partial charge >= 0.3 is 0 Å². The fourth-order valence-corrected chi connectivity index (χ4v) is 2.76. The number of halogens is 1. The summed E-state index contributed by atoms with van der Waals surface area (Å²) in [6, 6.07) is 19.3. The average Bonchev–Trinajstić information content (AvgIpc) is 3.39. The lowest BCUT2D eigenvalue weighted by molar-refractivity contribution is 0.102. The zero-order chi connectivity index (χ0) is 19.3. The quantitative estimate of drug-likeness (QED) is 0.472. The summed E-state index contributed by atoms with van der Waals surface area (Å²) in [5.74, 6) is 1.15. The molecule has 2 aromatic heterocycles. The van der Waals surface area contributed by atoms with E-state index in [4.69, 9.17) is 25.3 Å². The van der Waals surface area contributed by atoms with Crippen LogP contribution in [0.15, 0.2) is 81.9 Å². The summed E-state index contributed by atoms with van der Waals surface area (Å²) in [6.45, 7) is 0.122. The van der Waals surface area contributed by atoms with Gasteiger partial charge in [0.1, 0.15) is 18.1 Å². The Kier molecular flexibility index (Phi) is 5.12. The van der Waals surface area contributed by atoms with Crippen molar-refractivity contribution < 1.29 is 18.5 Å². The van der Waals surface area contributed by atoms with Gasteiger partial charge in [0.2, 0.25) is 5.76 Å². The minimum Gasteiger partial charge on any atom is -0.486 e. The molecule has 0 radical (unpaired) electrons. The summed E-state index contributed by atoms with van der Waals surface area (Å²) < 4.78 is 16.3. The van der Waals surface area contributed by atoms with Crippen molar-refractivity contribution >= 4 is 23.2 Å². The third kappa shape index (κ3) is 4.07. The predicted octanol–water partition coefficient (Wildman–Crippen LogP) is 5.42. The van der Waals surface area contributed by atoms with E-state index in [2.05, 4.69) is 10.5 Å². The first-order valence-electron chi connectivity index (χ1n) is 8.47. The van der Waals surface area contributed by atoms with Crippen LogP contribution in [0.4, 0.5) is 5.69 Å². The number of carbonyl (C=O) groups is 1. The highest BCUT2D eigenvalue weighted by Crippen LogP contribution is 2.26. The summed E-state index contributed by atoms with van der Waals surface area (Å²) in [5, 5.41) is 7.22. The van der Waals surface area contributed by atoms with Crippen molar-refractivity contribution in [3.05, 3.63) is 89.3 Å². The molecule has 0 aliphatic rings. The molecule has 2 heterocycles. The normalized spacial score (nSPS) is 10.6. The molecule has 1 N–H and O–H groups in total. The second kappa shape index (κ2) is 8.02. The summed E-state index contributed by atoms with van der Waals surface area (Å²) in [4.78, 5) is 12.7. The molecular formula is C21H15ClN2O4. The van der Waals surface area contributed by atoms with Crippen LogP contribution in [0.1, 0.15) is 16.1 Å². The third-order valence-electron chi connectivity index (χ3n) is 3.92. The van der Waals surface area contributed by atoms with Crippen molar-refractivity contribution in [1.29, 1.82) is 0 Å². The summed E-state index contributed by atoms with van der Waals surface area (Å²) >= 11 is 6.07.